The zero-order valence-electron chi connectivity index (χ0n) is 10.7. The Labute approximate surface area is 121 Å². The summed E-state index contributed by atoms with van der Waals surface area (Å²) >= 11 is 0. The molecule has 2 heterocycles. The zero-order valence-corrected chi connectivity index (χ0v) is 12.3. The van der Waals surface area contributed by atoms with E-state index in [1.807, 2.05) is 4.90 Å². The lowest BCUT2D eigenvalue weighted by Crippen LogP contribution is -2.46. The number of morpholine rings is 1. The highest BCUT2D eigenvalue weighted by atomic mass is 35.5. The lowest BCUT2D eigenvalue weighted by atomic mass is 10.2. The predicted molar refractivity (Wildman–Crippen MR) is 75.5 cm³/mol. The maximum atomic E-state index is 11.7. The summed E-state index contributed by atoms with van der Waals surface area (Å²) in [5.74, 6) is 0.0794. The van der Waals surface area contributed by atoms with E-state index < -0.39 is 0 Å². The average Bonchev–Trinajstić information content (AvgIpc) is 2.78. The highest BCUT2D eigenvalue weighted by Gasteiger charge is 2.31. The minimum atomic E-state index is -0.372. The molecule has 5 nitrogen and oxygen atoms in total. The van der Waals surface area contributed by atoms with Crippen LogP contribution in [0.15, 0.2) is 0 Å². The Morgan fingerprint density at radius 3 is 2.44 bits per heavy atom. The first-order valence-corrected chi connectivity index (χ1v) is 6.04. The number of carbonyl (C=O) groups is 1. The maximum absolute atomic E-state index is 11.7. The first-order chi connectivity index (χ1) is 7.68. The van der Waals surface area contributed by atoms with Gasteiger partial charge in [-0.2, -0.15) is 0 Å². The number of likely N-dealkylation sites (tertiary alicyclic amines) is 1. The van der Waals surface area contributed by atoms with Crippen molar-refractivity contribution in [2.75, 3.05) is 39.4 Å². The van der Waals surface area contributed by atoms with E-state index in [-0.39, 0.29) is 36.8 Å². The quantitative estimate of drug-likeness (QED) is 0.786. The van der Waals surface area contributed by atoms with Crippen LogP contribution in [-0.2, 0) is 9.53 Å². The van der Waals surface area contributed by atoms with Gasteiger partial charge in [-0.15, -0.1) is 24.8 Å². The first-order valence-electron chi connectivity index (χ1n) is 6.04. The fourth-order valence-corrected chi connectivity index (χ4v) is 2.47. The molecular weight excluding hydrogens is 277 g/mol. The van der Waals surface area contributed by atoms with E-state index in [1.54, 1.807) is 6.92 Å². The highest BCUT2D eigenvalue weighted by Crippen LogP contribution is 2.17. The fourth-order valence-electron chi connectivity index (χ4n) is 2.47. The third-order valence-corrected chi connectivity index (χ3v) is 3.43. The van der Waals surface area contributed by atoms with Crippen molar-refractivity contribution in [2.45, 2.75) is 25.4 Å². The number of hydrogen-bond donors (Lipinski definition) is 1. The number of hydrogen-bond acceptors (Lipinski definition) is 4. The molecule has 0 bridgehead atoms. The van der Waals surface area contributed by atoms with Crippen molar-refractivity contribution in [3.8, 4) is 0 Å². The molecule has 0 aromatic rings. The van der Waals surface area contributed by atoms with Crippen molar-refractivity contribution in [2.24, 2.45) is 5.73 Å². The van der Waals surface area contributed by atoms with Gasteiger partial charge in [0.25, 0.3) is 0 Å². The van der Waals surface area contributed by atoms with Gasteiger partial charge in [-0.25, -0.2) is 0 Å². The van der Waals surface area contributed by atoms with Crippen molar-refractivity contribution in [3.05, 3.63) is 0 Å². The fraction of sp³-hybridized carbons (Fsp3) is 0.909. The molecule has 2 aliphatic heterocycles. The second kappa shape index (κ2) is 8.17. The first kappa shape index (κ1) is 17.9. The van der Waals surface area contributed by atoms with Crippen molar-refractivity contribution < 1.29 is 9.53 Å². The van der Waals surface area contributed by atoms with Crippen molar-refractivity contribution in [1.29, 1.82) is 0 Å². The molecule has 2 aliphatic rings. The van der Waals surface area contributed by atoms with E-state index in [4.69, 9.17) is 10.5 Å². The Morgan fingerprint density at radius 1 is 1.28 bits per heavy atom. The second-order valence-electron chi connectivity index (χ2n) is 4.66. The number of carbonyl (C=O) groups excluding carboxylic acids is 1. The van der Waals surface area contributed by atoms with E-state index >= 15 is 0 Å². The van der Waals surface area contributed by atoms with Crippen molar-refractivity contribution >= 4 is 30.7 Å². The molecule has 0 aliphatic carbocycles. The standard InChI is InChI=1S/C11H21N3O2.2ClH/c1-9(12)11(15)14-3-2-10(8-14)13-4-6-16-7-5-13;;/h9-10H,2-8,12H2,1H3;2*1H/t9-,10?;;/m0../s1. The van der Waals surface area contributed by atoms with Crippen LogP contribution in [0.5, 0.6) is 0 Å². The minimum Gasteiger partial charge on any atom is -0.379 e. The van der Waals surface area contributed by atoms with E-state index in [0.717, 1.165) is 45.8 Å². The van der Waals surface area contributed by atoms with Crippen LogP contribution in [-0.4, -0.2) is 67.2 Å². The summed E-state index contributed by atoms with van der Waals surface area (Å²) < 4.78 is 5.33. The molecule has 2 N–H and O–H groups in total. The van der Waals surface area contributed by atoms with Gasteiger partial charge in [-0.1, -0.05) is 0 Å². The lowest BCUT2D eigenvalue weighted by molar-refractivity contribution is -0.131. The largest absolute Gasteiger partial charge is 0.379 e. The summed E-state index contributed by atoms with van der Waals surface area (Å²) in [4.78, 5) is 16.1. The molecule has 0 radical (unpaired) electrons. The van der Waals surface area contributed by atoms with Gasteiger partial charge in [0.05, 0.1) is 19.3 Å². The van der Waals surface area contributed by atoms with Gasteiger partial charge in [-0.3, -0.25) is 9.69 Å². The van der Waals surface area contributed by atoms with Crippen LogP contribution in [0.4, 0.5) is 0 Å². The molecule has 108 valence electrons. The van der Waals surface area contributed by atoms with Gasteiger partial charge in [0, 0.05) is 32.2 Å². The Balaban J connectivity index is 0.00000144. The molecule has 0 saturated carbocycles. The minimum absolute atomic E-state index is 0. The van der Waals surface area contributed by atoms with Crippen molar-refractivity contribution in [3.63, 3.8) is 0 Å². The molecule has 0 aromatic heterocycles. The Hall–Kier alpha value is -0.0700. The summed E-state index contributed by atoms with van der Waals surface area (Å²) in [7, 11) is 0. The normalized spacial score (nSPS) is 26.1. The number of nitrogens with zero attached hydrogens (tertiary/aromatic N) is 2. The van der Waals surface area contributed by atoms with Crippen LogP contribution in [0.3, 0.4) is 0 Å². The number of ether oxygens (including phenoxy) is 1. The SMILES string of the molecule is C[C@H](N)C(=O)N1CCC(N2CCOCC2)C1.Cl.Cl. The van der Waals surface area contributed by atoms with Crippen molar-refractivity contribution in [1.82, 2.24) is 9.80 Å². The lowest BCUT2D eigenvalue weighted by Gasteiger charge is -2.32. The molecule has 2 rings (SSSR count). The molecule has 18 heavy (non-hydrogen) atoms. The summed E-state index contributed by atoms with van der Waals surface area (Å²) in [5.41, 5.74) is 5.61. The maximum Gasteiger partial charge on any atom is 0.239 e. The summed E-state index contributed by atoms with van der Waals surface area (Å²) in [6.07, 6.45) is 1.07. The average molecular weight is 300 g/mol. The van der Waals surface area contributed by atoms with E-state index in [0.29, 0.717) is 6.04 Å². The van der Waals surface area contributed by atoms with Gasteiger partial charge in [0.2, 0.25) is 5.91 Å². The third kappa shape index (κ3) is 4.24. The van der Waals surface area contributed by atoms with Gasteiger partial charge < -0.3 is 15.4 Å². The number of halogens is 2. The van der Waals surface area contributed by atoms with Crippen LogP contribution < -0.4 is 5.73 Å². The van der Waals surface area contributed by atoms with Gasteiger partial charge >= 0.3 is 0 Å². The third-order valence-electron chi connectivity index (χ3n) is 3.43. The molecule has 0 aromatic carbocycles. The molecule has 7 heteroatoms. The van der Waals surface area contributed by atoms with Crippen LogP contribution in [0, 0.1) is 0 Å². The van der Waals surface area contributed by atoms with Crippen LogP contribution >= 0.6 is 24.8 Å². The molecule has 0 spiro atoms. The Morgan fingerprint density at radius 2 is 1.89 bits per heavy atom. The molecule has 1 unspecified atom stereocenters. The van der Waals surface area contributed by atoms with Gasteiger partial charge in [0.15, 0.2) is 0 Å². The number of amides is 1. The predicted octanol–water partition coefficient (Wildman–Crippen LogP) is 0.110. The number of nitrogens with two attached hydrogens (primary N) is 1. The summed E-state index contributed by atoms with van der Waals surface area (Å²) in [5, 5.41) is 0. The van der Waals surface area contributed by atoms with E-state index in [1.165, 1.54) is 0 Å². The zero-order chi connectivity index (χ0) is 11.5. The molecular formula is C11H23Cl2N3O2. The van der Waals surface area contributed by atoms with Gasteiger partial charge in [0.1, 0.15) is 0 Å². The van der Waals surface area contributed by atoms with Crippen LogP contribution in [0.2, 0.25) is 0 Å². The summed E-state index contributed by atoms with van der Waals surface area (Å²) in [6.45, 7) is 7.05. The number of rotatable bonds is 2. The molecule has 2 fully saturated rings. The molecule has 1 amide bonds. The van der Waals surface area contributed by atoms with Gasteiger partial charge in [-0.05, 0) is 13.3 Å². The monoisotopic (exact) mass is 299 g/mol. The Bertz CT molecular complexity index is 261. The molecule has 2 atom stereocenters. The van der Waals surface area contributed by atoms with Crippen LogP contribution in [0.25, 0.3) is 0 Å². The van der Waals surface area contributed by atoms with E-state index in [9.17, 15) is 4.79 Å². The topological polar surface area (TPSA) is 58.8 Å². The Kier molecular flexibility index (Phi) is 8.14. The van der Waals surface area contributed by atoms with E-state index in [2.05, 4.69) is 4.90 Å². The smallest absolute Gasteiger partial charge is 0.239 e. The highest BCUT2D eigenvalue weighted by molar-refractivity contribution is 5.85. The molecule has 2 saturated heterocycles. The van der Waals surface area contributed by atoms with Crippen LogP contribution in [0.1, 0.15) is 13.3 Å². The second-order valence-corrected chi connectivity index (χ2v) is 4.66. The summed E-state index contributed by atoms with van der Waals surface area (Å²) in [6, 6.07) is 0.134.